The third-order valence-corrected chi connectivity index (χ3v) is 3.28. The van der Waals surface area contributed by atoms with Gasteiger partial charge in [0.05, 0.1) is 17.7 Å². The summed E-state index contributed by atoms with van der Waals surface area (Å²) in [6.45, 7) is 5.73. The van der Waals surface area contributed by atoms with E-state index in [1.165, 1.54) is 0 Å². The van der Waals surface area contributed by atoms with Gasteiger partial charge in [-0.3, -0.25) is 9.59 Å². The number of rotatable bonds is 4. The molecule has 0 saturated carbocycles. The fourth-order valence-electron chi connectivity index (χ4n) is 2.21. The highest BCUT2D eigenvalue weighted by Gasteiger charge is 2.18. The second kappa shape index (κ2) is 8.53. The minimum Gasteiger partial charge on any atom is -0.399 e. The molecule has 0 saturated heterocycles. The van der Waals surface area contributed by atoms with Crippen molar-refractivity contribution in [1.29, 1.82) is 0 Å². The van der Waals surface area contributed by atoms with Crippen LogP contribution in [-0.2, 0) is 11.2 Å². The molecule has 0 spiro atoms. The molecule has 2 aromatic rings. The Hall–Kier alpha value is -2.53. The Morgan fingerprint density at radius 3 is 2.20 bits per heavy atom. The Kier molecular flexibility index (Phi) is 7.00. The van der Waals surface area contributed by atoms with Crippen LogP contribution in [0.3, 0.4) is 0 Å². The van der Waals surface area contributed by atoms with Crippen LogP contribution in [-0.4, -0.2) is 17.4 Å². The Morgan fingerprint density at radius 2 is 1.60 bits per heavy atom. The summed E-state index contributed by atoms with van der Waals surface area (Å²) in [5.74, 6) is -0.401. The van der Waals surface area contributed by atoms with Crippen molar-refractivity contribution in [3.05, 3.63) is 59.7 Å². The fourth-order valence-corrected chi connectivity index (χ4v) is 2.21. The van der Waals surface area contributed by atoms with Gasteiger partial charge in [0, 0.05) is 11.2 Å². The molecule has 0 aliphatic heterocycles. The number of anilines is 2. The molecule has 2 rings (SSSR count). The number of halogens is 1. The summed E-state index contributed by atoms with van der Waals surface area (Å²) in [6, 6.07) is 14.1. The first kappa shape index (κ1) is 20.5. The molecular formula is C19H24ClN3O2. The van der Waals surface area contributed by atoms with Crippen LogP contribution in [0.15, 0.2) is 48.5 Å². The van der Waals surface area contributed by atoms with Crippen molar-refractivity contribution >= 4 is 35.6 Å². The maximum Gasteiger partial charge on any atom is 0.253 e. The number of carbonyl (C=O) groups is 2. The topological polar surface area (TPSA) is 84.2 Å². The number of hydrogen-bond donors (Lipinski definition) is 3. The van der Waals surface area contributed by atoms with Gasteiger partial charge in [0.25, 0.3) is 5.91 Å². The molecular weight excluding hydrogens is 338 g/mol. The standard InChI is InChI=1S/C19H23N3O2.ClH/c1-19(2,3)22-18(24)15-6-4-5-7-16(15)21-17(23)12-13-8-10-14(20)11-9-13;/h4-11H,12,20H2,1-3H3,(H,21,23)(H,22,24);1H. The van der Waals surface area contributed by atoms with Crippen molar-refractivity contribution in [2.75, 3.05) is 11.1 Å². The lowest BCUT2D eigenvalue weighted by Gasteiger charge is -2.21. The second-order valence-electron chi connectivity index (χ2n) is 6.72. The molecule has 0 aromatic heterocycles. The highest BCUT2D eigenvalue weighted by molar-refractivity contribution is 6.04. The van der Waals surface area contributed by atoms with E-state index in [0.717, 1.165) is 5.56 Å². The van der Waals surface area contributed by atoms with E-state index in [2.05, 4.69) is 10.6 Å². The summed E-state index contributed by atoms with van der Waals surface area (Å²) in [5.41, 5.74) is 7.75. The zero-order valence-corrected chi connectivity index (χ0v) is 15.4. The van der Waals surface area contributed by atoms with E-state index < -0.39 is 0 Å². The van der Waals surface area contributed by atoms with E-state index in [1.807, 2.05) is 32.9 Å². The summed E-state index contributed by atoms with van der Waals surface area (Å²) >= 11 is 0. The van der Waals surface area contributed by atoms with Crippen LogP contribution in [0.25, 0.3) is 0 Å². The molecule has 2 amide bonds. The molecule has 0 aliphatic carbocycles. The predicted octanol–water partition coefficient (Wildman–Crippen LogP) is 3.40. The van der Waals surface area contributed by atoms with Crippen molar-refractivity contribution in [2.45, 2.75) is 32.7 Å². The minimum atomic E-state index is -0.349. The average molecular weight is 362 g/mol. The van der Waals surface area contributed by atoms with Gasteiger partial charge in [-0.05, 0) is 50.6 Å². The predicted molar refractivity (Wildman–Crippen MR) is 104 cm³/mol. The molecule has 0 radical (unpaired) electrons. The van der Waals surface area contributed by atoms with Gasteiger partial charge in [0.15, 0.2) is 0 Å². The van der Waals surface area contributed by atoms with Crippen LogP contribution in [0.5, 0.6) is 0 Å². The number of carbonyl (C=O) groups excluding carboxylic acids is 2. The van der Waals surface area contributed by atoms with E-state index in [-0.39, 0.29) is 36.2 Å². The number of hydrogen-bond acceptors (Lipinski definition) is 3. The highest BCUT2D eigenvalue weighted by atomic mass is 35.5. The number of nitrogen functional groups attached to an aromatic ring is 1. The smallest absolute Gasteiger partial charge is 0.253 e. The van der Waals surface area contributed by atoms with Crippen molar-refractivity contribution < 1.29 is 9.59 Å². The Morgan fingerprint density at radius 1 is 1.00 bits per heavy atom. The van der Waals surface area contributed by atoms with Gasteiger partial charge in [-0.1, -0.05) is 24.3 Å². The molecule has 0 bridgehead atoms. The monoisotopic (exact) mass is 361 g/mol. The number of nitrogens with two attached hydrogens (primary N) is 1. The summed E-state index contributed by atoms with van der Waals surface area (Å²) in [5, 5.41) is 5.71. The Balaban J connectivity index is 0.00000312. The molecule has 0 fully saturated rings. The summed E-state index contributed by atoms with van der Waals surface area (Å²) in [7, 11) is 0. The van der Waals surface area contributed by atoms with Crippen LogP contribution in [0.2, 0.25) is 0 Å². The van der Waals surface area contributed by atoms with Crippen LogP contribution >= 0.6 is 12.4 Å². The molecule has 0 atom stereocenters. The second-order valence-corrected chi connectivity index (χ2v) is 6.72. The van der Waals surface area contributed by atoms with Gasteiger partial charge < -0.3 is 16.4 Å². The molecule has 2 aromatic carbocycles. The number of nitrogens with one attached hydrogen (secondary N) is 2. The van der Waals surface area contributed by atoms with Crippen LogP contribution < -0.4 is 16.4 Å². The molecule has 5 nitrogen and oxygen atoms in total. The average Bonchev–Trinajstić information content (AvgIpc) is 2.48. The summed E-state index contributed by atoms with van der Waals surface area (Å²) in [6.07, 6.45) is 0.218. The number of benzene rings is 2. The molecule has 4 N–H and O–H groups in total. The van der Waals surface area contributed by atoms with Crippen LogP contribution in [0.4, 0.5) is 11.4 Å². The molecule has 0 aliphatic rings. The van der Waals surface area contributed by atoms with E-state index in [1.54, 1.807) is 36.4 Å². The van der Waals surface area contributed by atoms with Gasteiger partial charge in [-0.2, -0.15) is 0 Å². The van der Waals surface area contributed by atoms with Crippen molar-refractivity contribution in [1.82, 2.24) is 5.32 Å². The quantitative estimate of drug-likeness (QED) is 0.730. The normalized spacial score (nSPS) is 10.5. The maximum atomic E-state index is 12.4. The first-order valence-electron chi connectivity index (χ1n) is 7.80. The third kappa shape index (κ3) is 6.47. The summed E-state index contributed by atoms with van der Waals surface area (Å²) in [4.78, 5) is 24.6. The van der Waals surface area contributed by atoms with E-state index >= 15 is 0 Å². The lowest BCUT2D eigenvalue weighted by atomic mass is 10.1. The van der Waals surface area contributed by atoms with Crippen molar-refractivity contribution in [2.24, 2.45) is 0 Å². The van der Waals surface area contributed by atoms with Gasteiger partial charge in [-0.15, -0.1) is 12.4 Å². The Labute approximate surface area is 154 Å². The molecule has 0 unspecified atom stereocenters. The van der Waals surface area contributed by atoms with Crippen molar-refractivity contribution in [3.8, 4) is 0 Å². The number of amides is 2. The zero-order valence-electron chi connectivity index (χ0n) is 14.6. The first-order chi connectivity index (χ1) is 11.2. The molecule has 134 valence electrons. The lowest BCUT2D eigenvalue weighted by molar-refractivity contribution is -0.115. The van der Waals surface area contributed by atoms with Gasteiger partial charge in [-0.25, -0.2) is 0 Å². The lowest BCUT2D eigenvalue weighted by Crippen LogP contribution is -2.40. The van der Waals surface area contributed by atoms with Gasteiger partial charge >= 0.3 is 0 Å². The van der Waals surface area contributed by atoms with E-state index in [9.17, 15) is 9.59 Å². The van der Waals surface area contributed by atoms with Gasteiger partial charge in [0.2, 0.25) is 5.91 Å². The van der Waals surface area contributed by atoms with Crippen molar-refractivity contribution in [3.63, 3.8) is 0 Å². The summed E-state index contributed by atoms with van der Waals surface area (Å²) < 4.78 is 0. The molecule has 0 heterocycles. The molecule has 6 heteroatoms. The van der Waals surface area contributed by atoms with Crippen LogP contribution in [0.1, 0.15) is 36.7 Å². The minimum absolute atomic E-state index is 0. The Bertz CT molecular complexity index is 737. The molecule has 25 heavy (non-hydrogen) atoms. The first-order valence-corrected chi connectivity index (χ1v) is 7.80. The zero-order chi connectivity index (χ0) is 17.7. The third-order valence-electron chi connectivity index (χ3n) is 3.28. The van der Waals surface area contributed by atoms with E-state index in [0.29, 0.717) is 16.9 Å². The highest BCUT2D eigenvalue weighted by Crippen LogP contribution is 2.17. The SMILES string of the molecule is CC(C)(C)NC(=O)c1ccccc1NC(=O)Cc1ccc(N)cc1.Cl. The van der Waals surface area contributed by atoms with Crippen LogP contribution in [0, 0.1) is 0 Å². The largest absolute Gasteiger partial charge is 0.399 e. The fraction of sp³-hybridized carbons (Fsp3) is 0.263. The number of para-hydroxylation sites is 1. The van der Waals surface area contributed by atoms with Gasteiger partial charge in [0.1, 0.15) is 0 Å². The van der Waals surface area contributed by atoms with E-state index in [4.69, 9.17) is 5.73 Å². The maximum absolute atomic E-state index is 12.4.